The average Bonchev–Trinajstić information content (AvgIpc) is 1.70. The van der Waals surface area contributed by atoms with E-state index >= 15 is 0 Å². The molecule has 5 aliphatic rings. The monoisotopic (exact) mass is 1890 g/mol. The summed E-state index contributed by atoms with van der Waals surface area (Å²) in [6.45, 7) is 20.7. The average molecular weight is 1890 g/mol. The van der Waals surface area contributed by atoms with Crippen molar-refractivity contribution in [3.63, 3.8) is 0 Å². The van der Waals surface area contributed by atoms with Gasteiger partial charge in [0.2, 0.25) is 17.6 Å². The molecule has 2 bridgehead atoms. The van der Waals surface area contributed by atoms with E-state index < -0.39 is 83.7 Å². The van der Waals surface area contributed by atoms with E-state index in [-0.39, 0.29) is 92.6 Å². The number of hydrogen-bond donors (Lipinski definition) is 6. The number of ketones is 3. The largest absolute Gasteiger partial charge is 0.460 e. The normalized spacial score (nSPS) is 26.9. The van der Waals surface area contributed by atoms with Gasteiger partial charge in [-0.3, -0.25) is 28.9 Å². The standard InChI is InChI=1S/C99H140N16O21/c1-63-19-12-11-13-20-64(2)83(125-8)53-77-27-24-69(7)99(124,136-77)92(121)95(122)114-32-16-14-23-79(114)96(123)134-84(54-80(117)65(3)48-68(6)90(120)91(127-10)89(119)67(5)47-63)66(4)49-70-25-28-82(85(51-70)126-9)133-61-71-21-18-22-72(50-71)74-55-103-98(104-56-74)112-35-34-111(76(59-112)60-116)57-75-58-113(110-108-75)36-38-129-40-42-131-44-46-132-45-43-130-41-39-128-37-30-86(118)102-31-15-17-33-115-94-87(93(100)105-62-106-94)88(109-115)73-26-29-81-78(52-73)107-97(101)135-81/h11-13,18-22,26,29,48,50,52,55-56,58,62-63,65-67,69-70,76-77,79,82-85,90-91,116,120,124H,14-17,23-25,27-28,30-47,49,51,53-54,57,59-61H2,1-10H3,(H2,101,107)(H,102,118)(H2,100,105,106)/b13-11+,19-12+,64-20+,68-48+/t63-,65-,66-,67-,69-,70+,76?,77+,79+,82-,83+,84?,85-,90-,91+,99-/m1/s1. The molecular formula is C99H140N16O21. The molecule has 5 aromatic heterocycles. The number of esters is 1. The summed E-state index contributed by atoms with van der Waals surface area (Å²) in [5.74, 6) is -7.60. The summed E-state index contributed by atoms with van der Waals surface area (Å²) in [6, 6.07) is 12.2. The van der Waals surface area contributed by atoms with E-state index in [1.54, 1.807) is 56.5 Å². The Hall–Kier alpha value is -10.1. The molecular weight excluding hydrogens is 1750 g/mol. The van der Waals surface area contributed by atoms with Crippen LogP contribution in [0, 0.1) is 35.5 Å². The van der Waals surface area contributed by atoms with Gasteiger partial charge in [-0.15, -0.1) is 5.10 Å². The van der Waals surface area contributed by atoms with E-state index in [0.29, 0.717) is 215 Å². The van der Waals surface area contributed by atoms with Crippen molar-refractivity contribution in [1.29, 1.82) is 0 Å². The van der Waals surface area contributed by atoms with Gasteiger partial charge in [0.1, 0.15) is 53.5 Å². The molecule has 1 saturated carbocycles. The number of aliphatic hydroxyl groups excluding tert-OH is 2. The predicted molar refractivity (Wildman–Crippen MR) is 507 cm³/mol. The highest BCUT2D eigenvalue weighted by Gasteiger charge is 2.53. The fourth-order valence-electron chi connectivity index (χ4n) is 18.6. The Morgan fingerprint density at radius 3 is 2.24 bits per heavy atom. The number of unbranched alkanes of at least 4 members (excludes halogenated alkanes) is 1. The van der Waals surface area contributed by atoms with Crippen molar-refractivity contribution in [2.45, 2.75) is 232 Å². The molecule has 9 heterocycles. The molecule has 4 aliphatic heterocycles. The van der Waals surface area contributed by atoms with Crippen LogP contribution < -0.4 is 21.7 Å². The molecule has 2 aromatic carbocycles. The minimum absolute atomic E-state index is 0.0146. The highest BCUT2D eigenvalue weighted by molar-refractivity contribution is 6.39. The number of amides is 2. The fraction of sp³-hybridized carbons (Fsp3) is 0.616. The first kappa shape index (κ1) is 105. The number of benzene rings is 2. The van der Waals surface area contributed by atoms with Crippen LogP contribution in [0.4, 0.5) is 17.8 Å². The van der Waals surface area contributed by atoms with Crippen LogP contribution in [0.25, 0.3) is 44.5 Å². The van der Waals surface area contributed by atoms with Crippen molar-refractivity contribution < 1.29 is 101 Å². The van der Waals surface area contributed by atoms with E-state index in [2.05, 4.69) is 46.4 Å². The van der Waals surface area contributed by atoms with E-state index in [9.17, 15) is 44.1 Å². The zero-order valence-electron chi connectivity index (χ0n) is 80.4. The van der Waals surface area contributed by atoms with Crippen LogP contribution in [0.15, 0.2) is 119 Å². The van der Waals surface area contributed by atoms with Gasteiger partial charge in [-0.25, -0.2) is 34.1 Å². The number of nitrogens with two attached hydrogens (primary N) is 2. The zero-order valence-corrected chi connectivity index (χ0v) is 80.4. The van der Waals surface area contributed by atoms with Crippen LogP contribution >= 0.6 is 0 Å². The van der Waals surface area contributed by atoms with Crippen molar-refractivity contribution in [1.82, 2.24) is 64.8 Å². The minimum atomic E-state index is -2.48. The van der Waals surface area contributed by atoms with Gasteiger partial charge < -0.3 is 98.4 Å². The summed E-state index contributed by atoms with van der Waals surface area (Å²) < 4.78 is 74.5. The van der Waals surface area contributed by atoms with Gasteiger partial charge >= 0.3 is 5.97 Å². The summed E-state index contributed by atoms with van der Waals surface area (Å²) in [4.78, 5) is 113. The van der Waals surface area contributed by atoms with Crippen LogP contribution in [0.2, 0.25) is 0 Å². The first-order valence-electron chi connectivity index (χ1n) is 48.0. The van der Waals surface area contributed by atoms with Gasteiger partial charge in [0.15, 0.2) is 17.0 Å². The molecule has 742 valence electrons. The molecule has 37 heteroatoms. The lowest BCUT2D eigenvalue weighted by Crippen LogP contribution is -2.61. The molecule has 1 aliphatic carbocycles. The second kappa shape index (κ2) is 52.1. The maximum Gasteiger partial charge on any atom is 0.329 e. The molecule has 12 rings (SSSR count). The SMILES string of the molecule is CO[C@H]1C[C@@H]2CC[C@@H](C)[C@@](O)(O2)C(=O)C(=O)N2CCCC[C@H]2C(=O)OC([C@H](C)C[C@@H]2CC[C@@H](OCc3cccc(-c4cnc(N5CCN(Cc6cn(CCOCCOCCOCCOCCOCCC(=O)NCCCCn7nc(-c8ccc9oc(N)nc9c8)c8c(N)ncnc87)nn6)C(CO)C5)nc4)c3)[C@H](OC)C2)CC(=O)[C@H](C)/C=C(\C)[C@@H](O)[C@@H](OC)C(=O)[C@H](C)C[C@H](C)/C=C/C=C/C=C/1C. The maximum absolute atomic E-state index is 14.9. The van der Waals surface area contributed by atoms with Gasteiger partial charge in [0.05, 0.1) is 127 Å². The van der Waals surface area contributed by atoms with E-state index in [0.717, 1.165) is 52.8 Å². The molecule has 2 unspecified atom stereocenters. The molecule has 136 heavy (non-hydrogen) atoms. The molecule has 37 nitrogen and oxygen atoms in total. The summed E-state index contributed by atoms with van der Waals surface area (Å²) >= 11 is 0. The Bertz CT molecular complexity index is 5160. The summed E-state index contributed by atoms with van der Waals surface area (Å²) in [6.07, 6.45) is 19.9. The third-order valence-corrected chi connectivity index (χ3v) is 26.6. The first-order chi connectivity index (χ1) is 65.7. The number of oxazole rings is 1. The molecule has 2 amide bonds. The van der Waals surface area contributed by atoms with Crippen LogP contribution in [-0.2, 0) is 107 Å². The highest BCUT2D eigenvalue weighted by atomic mass is 16.6. The number of ether oxygens (including phenoxy) is 11. The highest BCUT2D eigenvalue weighted by Crippen LogP contribution is 2.40. The third kappa shape index (κ3) is 29.0. The molecule has 16 atom stereocenters. The number of hydrogen-bond acceptors (Lipinski definition) is 33. The van der Waals surface area contributed by atoms with Crippen molar-refractivity contribution in [3.8, 4) is 22.4 Å². The van der Waals surface area contributed by atoms with Gasteiger partial charge in [-0.05, 0) is 155 Å². The lowest BCUT2D eigenvalue weighted by molar-refractivity contribution is -0.265. The van der Waals surface area contributed by atoms with Crippen LogP contribution in [0.3, 0.4) is 0 Å². The van der Waals surface area contributed by atoms with Gasteiger partial charge in [-0.1, -0.05) is 94.5 Å². The summed E-state index contributed by atoms with van der Waals surface area (Å²) in [5, 5.41) is 51.7. The first-order valence-corrected chi connectivity index (χ1v) is 48.0. The summed E-state index contributed by atoms with van der Waals surface area (Å²) in [5.41, 5.74) is 19.9. The maximum atomic E-state index is 14.9. The number of aryl methyl sites for hydroxylation is 1. The smallest absolute Gasteiger partial charge is 0.329 e. The molecule has 0 spiro atoms. The van der Waals surface area contributed by atoms with Crippen LogP contribution in [-0.4, -0.2) is 297 Å². The number of aliphatic hydroxyl groups is 3. The minimum Gasteiger partial charge on any atom is -0.460 e. The number of methoxy groups -OCH3 is 3. The zero-order chi connectivity index (χ0) is 96.8. The number of piperazine rings is 1. The number of allylic oxidation sites excluding steroid dienone is 6. The van der Waals surface area contributed by atoms with E-state index in [4.69, 9.17) is 83.1 Å². The number of carbonyl (C=O) groups excluding carboxylic acids is 6. The van der Waals surface area contributed by atoms with Crippen LogP contribution in [0.5, 0.6) is 0 Å². The second-order valence-electron chi connectivity index (χ2n) is 36.7. The number of nitrogen functional groups attached to an aromatic ring is 2. The lowest BCUT2D eigenvalue weighted by Gasteiger charge is -2.42. The number of nitrogens with zero attached hydrogens (tertiary/aromatic N) is 13. The molecule has 4 fully saturated rings. The summed E-state index contributed by atoms with van der Waals surface area (Å²) in [7, 11) is 4.63. The number of piperidine rings is 1. The van der Waals surface area contributed by atoms with Gasteiger partial charge in [0, 0.05) is 134 Å². The topological polar surface area (TPSA) is 465 Å². The third-order valence-electron chi connectivity index (χ3n) is 26.6. The Morgan fingerprint density at radius 2 is 1.50 bits per heavy atom. The van der Waals surface area contributed by atoms with E-state index in [1.165, 1.54) is 18.3 Å². The van der Waals surface area contributed by atoms with Crippen molar-refractivity contribution >= 4 is 75.0 Å². The number of cyclic esters (lactones) is 1. The molecule has 7 aromatic rings. The van der Waals surface area contributed by atoms with Gasteiger partial charge in [-0.2, -0.15) is 10.1 Å². The number of nitrogens with one attached hydrogen (secondary N) is 1. The van der Waals surface area contributed by atoms with E-state index in [1.807, 2.05) is 107 Å². The Balaban J connectivity index is 0.535. The van der Waals surface area contributed by atoms with Crippen LogP contribution in [0.1, 0.15) is 156 Å². The number of rotatable bonds is 38. The number of fused-ring (bicyclic) bond motifs is 5. The second-order valence-corrected chi connectivity index (χ2v) is 36.7. The fourth-order valence-corrected chi connectivity index (χ4v) is 18.6. The molecule has 0 radical (unpaired) electrons. The van der Waals surface area contributed by atoms with Crippen molar-refractivity contribution in [2.24, 2.45) is 35.5 Å². The Kier molecular flexibility index (Phi) is 40.1. The number of aromatic nitrogens is 10. The number of carbonyl (C=O) groups is 6. The number of anilines is 3. The Labute approximate surface area is 795 Å². The molecule has 3 saturated heterocycles. The van der Waals surface area contributed by atoms with Crippen molar-refractivity contribution in [3.05, 3.63) is 126 Å². The number of Topliss-reactive ketones (excluding diaryl/α,β-unsaturated/α-hetero) is 3. The Morgan fingerprint density at radius 1 is 0.750 bits per heavy atom. The predicted octanol–water partition coefficient (Wildman–Crippen LogP) is 9.32. The lowest BCUT2D eigenvalue weighted by atomic mass is 9.78. The quantitative estimate of drug-likeness (QED) is 0.00908. The van der Waals surface area contributed by atoms with Crippen molar-refractivity contribution in [2.75, 3.05) is 143 Å². The molecule has 8 N–H and O–H groups in total. The van der Waals surface area contributed by atoms with Gasteiger partial charge in [0.25, 0.3) is 17.7 Å².